The number of carboxylic acid groups (broad SMARTS) is 1. The molecular formula is C11H12N2O4S. The van der Waals surface area contributed by atoms with Crippen LogP contribution in [-0.4, -0.2) is 31.9 Å². The van der Waals surface area contributed by atoms with Gasteiger partial charge in [0.15, 0.2) is 0 Å². The number of amidine groups is 1. The Bertz CT molecular complexity index is 607. The van der Waals surface area contributed by atoms with Crippen LogP contribution in [0.1, 0.15) is 18.4 Å². The van der Waals surface area contributed by atoms with Crippen LogP contribution in [-0.2, 0) is 14.8 Å². The molecule has 6 nitrogen and oxygen atoms in total. The summed E-state index contributed by atoms with van der Waals surface area (Å²) < 4.78 is 27.0. The van der Waals surface area contributed by atoms with E-state index in [9.17, 15) is 13.2 Å². The van der Waals surface area contributed by atoms with E-state index >= 15 is 0 Å². The Morgan fingerprint density at radius 3 is 2.78 bits per heavy atom. The number of benzene rings is 1. The highest BCUT2D eigenvalue weighted by Gasteiger charge is 2.27. The van der Waals surface area contributed by atoms with Crippen LogP contribution in [0.25, 0.3) is 0 Å². The van der Waals surface area contributed by atoms with Crippen LogP contribution >= 0.6 is 0 Å². The number of rotatable bonds is 4. The van der Waals surface area contributed by atoms with E-state index < -0.39 is 16.0 Å². The molecule has 1 aromatic carbocycles. The lowest BCUT2D eigenvalue weighted by Gasteiger charge is -2.04. The molecule has 0 saturated heterocycles. The Kier molecular flexibility index (Phi) is 3.33. The van der Waals surface area contributed by atoms with Gasteiger partial charge in [0.05, 0.1) is 0 Å². The van der Waals surface area contributed by atoms with E-state index in [4.69, 9.17) is 5.11 Å². The van der Waals surface area contributed by atoms with E-state index in [-0.39, 0.29) is 17.2 Å². The summed E-state index contributed by atoms with van der Waals surface area (Å²) in [7, 11) is -3.60. The van der Waals surface area contributed by atoms with Gasteiger partial charge < -0.3 is 10.4 Å². The molecule has 0 saturated carbocycles. The zero-order valence-electron chi connectivity index (χ0n) is 9.46. The number of hydrogen-bond donors (Lipinski definition) is 2. The molecule has 1 aromatic rings. The number of nitrogens with zero attached hydrogens (tertiary/aromatic N) is 1. The largest absolute Gasteiger partial charge is 0.481 e. The highest BCUT2D eigenvalue weighted by atomic mass is 32.2. The number of carboxylic acids is 1. The highest BCUT2D eigenvalue weighted by molar-refractivity contribution is 7.90. The lowest BCUT2D eigenvalue weighted by molar-refractivity contribution is -0.137. The molecule has 0 spiro atoms. The van der Waals surface area contributed by atoms with Gasteiger partial charge in [0.25, 0.3) is 10.0 Å². The van der Waals surface area contributed by atoms with E-state index in [0.717, 1.165) is 0 Å². The number of sulfonamides is 1. The fourth-order valence-electron chi connectivity index (χ4n) is 1.68. The first-order valence-corrected chi connectivity index (χ1v) is 6.85. The Labute approximate surface area is 104 Å². The zero-order chi connectivity index (χ0) is 13.2. The number of nitrogens with one attached hydrogen (secondary N) is 1. The van der Waals surface area contributed by atoms with Crippen molar-refractivity contribution in [3.05, 3.63) is 29.8 Å². The third kappa shape index (κ3) is 2.51. The molecule has 1 aliphatic rings. The first-order valence-electron chi connectivity index (χ1n) is 5.41. The molecule has 2 N–H and O–H groups in total. The minimum atomic E-state index is -3.60. The molecule has 18 heavy (non-hydrogen) atoms. The number of aliphatic carboxylic acids is 1. The molecule has 0 fully saturated rings. The van der Waals surface area contributed by atoms with Crippen LogP contribution < -0.4 is 5.32 Å². The Hall–Kier alpha value is -1.89. The molecule has 0 aromatic heterocycles. The van der Waals surface area contributed by atoms with Gasteiger partial charge in [-0.1, -0.05) is 12.1 Å². The molecule has 7 heteroatoms. The van der Waals surface area contributed by atoms with Crippen molar-refractivity contribution in [2.24, 2.45) is 4.40 Å². The van der Waals surface area contributed by atoms with Crippen molar-refractivity contribution in [3.8, 4) is 0 Å². The predicted octanol–water partition coefficient (Wildman–Crippen LogP) is 0.590. The van der Waals surface area contributed by atoms with Gasteiger partial charge in [0.1, 0.15) is 10.7 Å². The smallest absolute Gasteiger partial charge is 0.303 e. The van der Waals surface area contributed by atoms with Gasteiger partial charge in [-0.3, -0.25) is 4.79 Å². The third-order valence-electron chi connectivity index (χ3n) is 2.49. The molecule has 0 aliphatic carbocycles. The average molecular weight is 268 g/mol. The topological polar surface area (TPSA) is 95.8 Å². The minimum Gasteiger partial charge on any atom is -0.481 e. The fraction of sp³-hybridized carbons (Fsp3) is 0.273. The summed E-state index contributed by atoms with van der Waals surface area (Å²) in [6.07, 6.45) is 0.450. The van der Waals surface area contributed by atoms with Gasteiger partial charge in [0.2, 0.25) is 0 Å². The third-order valence-corrected chi connectivity index (χ3v) is 3.83. The summed E-state index contributed by atoms with van der Waals surface area (Å²) in [5, 5.41) is 11.3. The van der Waals surface area contributed by atoms with Crippen molar-refractivity contribution in [2.45, 2.75) is 17.7 Å². The summed E-state index contributed by atoms with van der Waals surface area (Å²) >= 11 is 0. The van der Waals surface area contributed by atoms with E-state index in [1.54, 1.807) is 18.2 Å². The predicted molar refractivity (Wildman–Crippen MR) is 65.0 cm³/mol. The van der Waals surface area contributed by atoms with Crippen molar-refractivity contribution in [2.75, 3.05) is 6.54 Å². The van der Waals surface area contributed by atoms with Gasteiger partial charge in [-0.2, -0.15) is 8.42 Å². The molecule has 0 atom stereocenters. The molecule has 0 radical (unpaired) electrons. The number of hydrogen-bond acceptors (Lipinski definition) is 4. The van der Waals surface area contributed by atoms with Crippen molar-refractivity contribution in [1.29, 1.82) is 0 Å². The van der Waals surface area contributed by atoms with Crippen molar-refractivity contribution < 1.29 is 18.3 Å². The minimum absolute atomic E-state index is 0.0364. The number of carbonyl (C=O) groups is 1. The average Bonchev–Trinajstić information content (AvgIpc) is 2.57. The summed E-state index contributed by atoms with van der Waals surface area (Å²) in [6.45, 7) is 0.370. The van der Waals surface area contributed by atoms with Crippen molar-refractivity contribution in [1.82, 2.24) is 5.32 Å². The standard InChI is InChI=1S/C11H12N2O4S/c14-10(15)6-3-7-12-11-8-4-1-2-5-9(8)18(16,17)13-11/h1-2,4-5H,3,6-7H2,(H,12,13)(H,14,15). The molecule has 0 bridgehead atoms. The van der Waals surface area contributed by atoms with Crippen LogP contribution in [0.2, 0.25) is 0 Å². The van der Waals surface area contributed by atoms with Crippen molar-refractivity contribution in [3.63, 3.8) is 0 Å². The first-order chi connectivity index (χ1) is 8.50. The number of fused-ring (bicyclic) bond motifs is 1. The van der Waals surface area contributed by atoms with E-state index in [1.807, 2.05) is 0 Å². The Morgan fingerprint density at radius 2 is 2.06 bits per heavy atom. The summed E-state index contributed by atoms with van der Waals surface area (Å²) in [5.74, 6) is -0.589. The fourth-order valence-corrected chi connectivity index (χ4v) is 2.87. The van der Waals surface area contributed by atoms with E-state index in [2.05, 4.69) is 9.71 Å². The van der Waals surface area contributed by atoms with Gasteiger partial charge >= 0.3 is 5.97 Å². The highest BCUT2D eigenvalue weighted by Crippen LogP contribution is 2.24. The lowest BCUT2D eigenvalue weighted by atomic mass is 10.2. The normalized spacial score (nSPS) is 15.9. The van der Waals surface area contributed by atoms with Gasteiger partial charge in [-0.05, 0) is 18.6 Å². The summed E-state index contributed by atoms with van der Waals surface area (Å²) in [5.41, 5.74) is 0.535. The molecule has 2 rings (SSSR count). The molecule has 1 aliphatic heterocycles. The van der Waals surface area contributed by atoms with E-state index in [1.165, 1.54) is 6.07 Å². The maximum atomic E-state index is 11.7. The Morgan fingerprint density at radius 1 is 1.33 bits per heavy atom. The molecule has 1 heterocycles. The summed E-state index contributed by atoms with van der Waals surface area (Å²) in [4.78, 5) is 10.5. The van der Waals surface area contributed by atoms with Crippen LogP contribution in [0.3, 0.4) is 0 Å². The molecule has 0 amide bonds. The molecule has 0 unspecified atom stereocenters. The second-order valence-electron chi connectivity index (χ2n) is 3.84. The second-order valence-corrected chi connectivity index (χ2v) is 5.41. The maximum absolute atomic E-state index is 11.7. The van der Waals surface area contributed by atoms with Crippen LogP contribution in [0.4, 0.5) is 0 Å². The van der Waals surface area contributed by atoms with Crippen LogP contribution in [0.5, 0.6) is 0 Å². The summed E-state index contributed by atoms with van der Waals surface area (Å²) in [6, 6.07) is 6.54. The van der Waals surface area contributed by atoms with Gasteiger partial charge in [-0.25, -0.2) is 0 Å². The van der Waals surface area contributed by atoms with Crippen molar-refractivity contribution >= 4 is 21.8 Å². The zero-order valence-corrected chi connectivity index (χ0v) is 10.3. The molecule has 96 valence electrons. The molecular weight excluding hydrogens is 256 g/mol. The van der Waals surface area contributed by atoms with Crippen LogP contribution in [0, 0.1) is 0 Å². The maximum Gasteiger partial charge on any atom is 0.303 e. The van der Waals surface area contributed by atoms with Crippen LogP contribution in [0.15, 0.2) is 33.6 Å². The lowest BCUT2D eigenvalue weighted by Crippen LogP contribution is -2.24. The Balaban J connectivity index is 2.09. The monoisotopic (exact) mass is 268 g/mol. The van der Waals surface area contributed by atoms with Gasteiger partial charge in [0, 0.05) is 18.5 Å². The SMILES string of the molecule is O=C(O)CCCNC1=NS(=O)(=O)c2ccccc21. The van der Waals surface area contributed by atoms with E-state index in [0.29, 0.717) is 18.5 Å². The van der Waals surface area contributed by atoms with Gasteiger partial charge in [-0.15, -0.1) is 4.40 Å². The first kappa shape index (κ1) is 12.6. The quantitative estimate of drug-likeness (QED) is 0.779. The second kappa shape index (κ2) is 4.77.